The van der Waals surface area contributed by atoms with Gasteiger partial charge < -0.3 is 19.1 Å². The fourth-order valence-electron chi connectivity index (χ4n) is 2.62. The van der Waals surface area contributed by atoms with Crippen LogP contribution in [-0.4, -0.2) is 44.2 Å². The first-order valence-corrected chi connectivity index (χ1v) is 6.35. The quantitative estimate of drug-likeness (QED) is 0.794. The Kier molecular flexibility index (Phi) is 3.09. The fourth-order valence-corrected chi connectivity index (χ4v) is 2.62. The fraction of sp³-hybridized carbons (Fsp3) is 0.615. The zero-order valence-corrected chi connectivity index (χ0v) is 10.6. The van der Waals surface area contributed by atoms with Crippen molar-refractivity contribution in [3.8, 4) is 5.75 Å². The number of pyridine rings is 1. The van der Waals surface area contributed by atoms with Gasteiger partial charge in [0.2, 0.25) is 0 Å². The minimum absolute atomic E-state index is 0.335. The molecule has 1 aromatic rings. The highest BCUT2D eigenvalue weighted by Gasteiger charge is 2.40. The van der Waals surface area contributed by atoms with Crippen LogP contribution in [0.15, 0.2) is 18.3 Å². The van der Waals surface area contributed by atoms with Crippen LogP contribution < -0.4 is 9.64 Å². The molecule has 2 aliphatic rings. The molecule has 0 saturated carbocycles. The van der Waals surface area contributed by atoms with Crippen molar-refractivity contribution in [2.24, 2.45) is 0 Å². The molecule has 0 bridgehead atoms. The second kappa shape index (κ2) is 4.74. The summed E-state index contributed by atoms with van der Waals surface area (Å²) in [7, 11) is 1.68. The third-order valence-corrected chi connectivity index (χ3v) is 3.61. The molecule has 2 fully saturated rings. The minimum atomic E-state index is -0.335. The van der Waals surface area contributed by atoms with E-state index in [1.807, 2.05) is 12.1 Å². The highest BCUT2D eigenvalue weighted by molar-refractivity contribution is 5.52. The Bertz CT molecular complexity index is 408. The summed E-state index contributed by atoms with van der Waals surface area (Å²) in [5.41, 5.74) is 0. The maximum Gasteiger partial charge on any atom is 0.171 e. The molecule has 1 spiro atoms. The second-order valence-electron chi connectivity index (χ2n) is 4.62. The lowest BCUT2D eigenvalue weighted by atomic mass is 10.0. The average molecular weight is 250 g/mol. The molecule has 0 radical (unpaired) electrons. The van der Waals surface area contributed by atoms with E-state index in [9.17, 15) is 0 Å². The first kappa shape index (κ1) is 11.7. The van der Waals surface area contributed by atoms with Crippen LogP contribution in [0.2, 0.25) is 0 Å². The Morgan fingerprint density at radius 2 is 2.00 bits per heavy atom. The van der Waals surface area contributed by atoms with Crippen molar-refractivity contribution < 1.29 is 14.2 Å². The van der Waals surface area contributed by atoms with E-state index in [2.05, 4.69) is 9.88 Å². The standard InChI is InChI=1S/C13H18N2O3/c1-16-11-3-2-6-14-12(11)15-7-4-13(5-8-15)17-9-10-18-13/h2-3,6H,4-5,7-10H2,1H3. The molecule has 0 aromatic carbocycles. The van der Waals surface area contributed by atoms with Gasteiger partial charge in [0, 0.05) is 32.1 Å². The molecule has 0 aliphatic carbocycles. The Hall–Kier alpha value is -1.33. The molecule has 2 saturated heterocycles. The minimum Gasteiger partial charge on any atom is -0.493 e. The van der Waals surface area contributed by atoms with E-state index >= 15 is 0 Å². The largest absolute Gasteiger partial charge is 0.493 e. The summed E-state index contributed by atoms with van der Waals surface area (Å²) in [4.78, 5) is 6.64. The van der Waals surface area contributed by atoms with Crippen molar-refractivity contribution in [3.63, 3.8) is 0 Å². The summed E-state index contributed by atoms with van der Waals surface area (Å²) in [6, 6.07) is 3.83. The summed E-state index contributed by atoms with van der Waals surface area (Å²) in [6.45, 7) is 3.20. The number of anilines is 1. The molecule has 3 rings (SSSR count). The molecule has 98 valence electrons. The molecule has 18 heavy (non-hydrogen) atoms. The van der Waals surface area contributed by atoms with E-state index in [4.69, 9.17) is 14.2 Å². The number of hydrogen-bond donors (Lipinski definition) is 0. The Morgan fingerprint density at radius 1 is 1.28 bits per heavy atom. The van der Waals surface area contributed by atoms with E-state index in [-0.39, 0.29) is 5.79 Å². The van der Waals surface area contributed by atoms with Gasteiger partial charge in [-0.15, -0.1) is 0 Å². The van der Waals surface area contributed by atoms with E-state index < -0.39 is 0 Å². The Labute approximate surface area is 107 Å². The first-order chi connectivity index (χ1) is 8.83. The van der Waals surface area contributed by atoms with Crippen LogP contribution >= 0.6 is 0 Å². The van der Waals surface area contributed by atoms with Crippen LogP contribution in [0.25, 0.3) is 0 Å². The Morgan fingerprint density at radius 3 is 2.67 bits per heavy atom. The molecule has 5 heteroatoms. The molecule has 5 nitrogen and oxygen atoms in total. The predicted molar refractivity (Wildman–Crippen MR) is 66.9 cm³/mol. The summed E-state index contributed by atoms with van der Waals surface area (Å²) in [5.74, 6) is 1.40. The molecule has 1 aromatic heterocycles. The number of piperidine rings is 1. The maximum absolute atomic E-state index is 5.72. The monoisotopic (exact) mass is 250 g/mol. The molecular weight excluding hydrogens is 232 g/mol. The molecule has 0 unspecified atom stereocenters. The topological polar surface area (TPSA) is 43.8 Å². The van der Waals surface area contributed by atoms with Crippen molar-refractivity contribution in [1.82, 2.24) is 4.98 Å². The normalized spacial score (nSPS) is 22.4. The van der Waals surface area contributed by atoms with Gasteiger partial charge in [-0.3, -0.25) is 0 Å². The lowest BCUT2D eigenvalue weighted by molar-refractivity contribution is -0.169. The van der Waals surface area contributed by atoms with Gasteiger partial charge in [0.05, 0.1) is 20.3 Å². The molecule has 3 heterocycles. The van der Waals surface area contributed by atoms with Gasteiger partial charge in [0.1, 0.15) is 0 Å². The van der Waals surface area contributed by atoms with Gasteiger partial charge in [-0.05, 0) is 12.1 Å². The lowest BCUT2D eigenvalue weighted by Crippen LogP contribution is -2.45. The van der Waals surface area contributed by atoms with E-state index in [1.54, 1.807) is 13.3 Å². The van der Waals surface area contributed by atoms with Crippen LogP contribution in [0, 0.1) is 0 Å². The summed E-state index contributed by atoms with van der Waals surface area (Å²) < 4.78 is 16.8. The summed E-state index contributed by atoms with van der Waals surface area (Å²) in [5, 5.41) is 0. The van der Waals surface area contributed by atoms with Crippen molar-refractivity contribution in [2.75, 3.05) is 38.3 Å². The van der Waals surface area contributed by atoms with Crippen LogP contribution in [-0.2, 0) is 9.47 Å². The second-order valence-corrected chi connectivity index (χ2v) is 4.62. The Balaban J connectivity index is 1.72. The number of aromatic nitrogens is 1. The molecule has 0 N–H and O–H groups in total. The number of nitrogens with zero attached hydrogens (tertiary/aromatic N) is 2. The smallest absolute Gasteiger partial charge is 0.171 e. The van der Waals surface area contributed by atoms with Gasteiger partial charge in [-0.25, -0.2) is 4.98 Å². The molecular formula is C13H18N2O3. The van der Waals surface area contributed by atoms with Crippen molar-refractivity contribution in [3.05, 3.63) is 18.3 Å². The number of ether oxygens (including phenoxy) is 3. The van der Waals surface area contributed by atoms with Gasteiger partial charge in [0.15, 0.2) is 17.4 Å². The summed E-state index contributed by atoms with van der Waals surface area (Å²) >= 11 is 0. The van der Waals surface area contributed by atoms with Crippen LogP contribution in [0.5, 0.6) is 5.75 Å². The van der Waals surface area contributed by atoms with Crippen molar-refractivity contribution in [2.45, 2.75) is 18.6 Å². The average Bonchev–Trinajstić information content (AvgIpc) is 2.88. The van der Waals surface area contributed by atoms with E-state index in [0.717, 1.165) is 37.5 Å². The molecule has 2 aliphatic heterocycles. The SMILES string of the molecule is COc1cccnc1N1CCC2(CC1)OCCO2. The molecule has 0 amide bonds. The maximum atomic E-state index is 5.72. The highest BCUT2D eigenvalue weighted by Crippen LogP contribution is 2.35. The van der Waals surface area contributed by atoms with Gasteiger partial charge in [0.25, 0.3) is 0 Å². The lowest BCUT2D eigenvalue weighted by Gasteiger charge is -2.38. The van der Waals surface area contributed by atoms with E-state index in [1.165, 1.54) is 0 Å². The van der Waals surface area contributed by atoms with Crippen molar-refractivity contribution in [1.29, 1.82) is 0 Å². The third kappa shape index (κ3) is 2.04. The van der Waals surface area contributed by atoms with E-state index in [0.29, 0.717) is 13.2 Å². The summed E-state index contributed by atoms with van der Waals surface area (Å²) in [6.07, 6.45) is 3.56. The van der Waals surface area contributed by atoms with Gasteiger partial charge >= 0.3 is 0 Å². The molecule has 0 atom stereocenters. The predicted octanol–water partition coefficient (Wildman–Crippen LogP) is 1.43. The number of rotatable bonds is 2. The van der Waals surface area contributed by atoms with Crippen LogP contribution in [0.1, 0.15) is 12.8 Å². The van der Waals surface area contributed by atoms with Crippen LogP contribution in [0.4, 0.5) is 5.82 Å². The van der Waals surface area contributed by atoms with Crippen LogP contribution in [0.3, 0.4) is 0 Å². The van der Waals surface area contributed by atoms with Crippen molar-refractivity contribution >= 4 is 5.82 Å². The number of methoxy groups -OCH3 is 1. The third-order valence-electron chi connectivity index (χ3n) is 3.61. The zero-order chi connectivity index (χ0) is 12.4. The van der Waals surface area contributed by atoms with Gasteiger partial charge in [-0.2, -0.15) is 0 Å². The van der Waals surface area contributed by atoms with Gasteiger partial charge in [-0.1, -0.05) is 0 Å². The first-order valence-electron chi connectivity index (χ1n) is 6.35. The zero-order valence-electron chi connectivity index (χ0n) is 10.6. The highest BCUT2D eigenvalue weighted by atomic mass is 16.7. The number of hydrogen-bond acceptors (Lipinski definition) is 5.